The molecule has 3 fully saturated rings. The van der Waals surface area contributed by atoms with Gasteiger partial charge in [-0.15, -0.1) is 0 Å². The summed E-state index contributed by atoms with van der Waals surface area (Å²) in [6, 6.07) is 0. The highest BCUT2D eigenvalue weighted by molar-refractivity contribution is 7.89. The number of sulfonamides is 1. The summed E-state index contributed by atoms with van der Waals surface area (Å²) in [6.07, 6.45) is 15.2. The Hall–Kier alpha value is -1.17. The third-order valence-corrected chi connectivity index (χ3v) is 11.3. The molecular formula is C28H45NO4S. The van der Waals surface area contributed by atoms with E-state index in [4.69, 9.17) is 0 Å². The van der Waals surface area contributed by atoms with Gasteiger partial charge in [-0.25, -0.2) is 8.42 Å². The van der Waals surface area contributed by atoms with Crippen LogP contribution in [0.4, 0.5) is 0 Å². The Bertz CT molecular complexity index is 955. The van der Waals surface area contributed by atoms with Gasteiger partial charge in [-0.3, -0.25) is 14.3 Å². The summed E-state index contributed by atoms with van der Waals surface area (Å²) < 4.78 is 24.8. The summed E-state index contributed by atoms with van der Waals surface area (Å²) >= 11 is 0. The van der Waals surface area contributed by atoms with Crippen LogP contribution in [0.15, 0.2) is 11.6 Å². The van der Waals surface area contributed by atoms with Crippen LogP contribution in [-0.4, -0.2) is 26.4 Å². The van der Waals surface area contributed by atoms with Crippen LogP contribution in [0.25, 0.3) is 0 Å². The molecule has 4 aliphatic carbocycles. The molecule has 8 atom stereocenters. The zero-order valence-corrected chi connectivity index (χ0v) is 22.7. The van der Waals surface area contributed by atoms with Crippen LogP contribution in [0.3, 0.4) is 0 Å². The Morgan fingerprint density at radius 2 is 1.79 bits per heavy atom. The molecular weight excluding hydrogens is 446 g/mol. The van der Waals surface area contributed by atoms with Crippen LogP contribution in [0.2, 0.25) is 0 Å². The largest absolute Gasteiger partial charge is 0.300 e. The Morgan fingerprint density at radius 3 is 2.50 bits per heavy atom. The van der Waals surface area contributed by atoms with E-state index in [9.17, 15) is 18.0 Å². The fourth-order valence-corrected chi connectivity index (χ4v) is 9.21. The number of Topliss-reactive ketones (excluding diaryl/α,β-unsaturated/α-hetero) is 1. The molecule has 0 radical (unpaired) electrons. The molecule has 4 rings (SSSR count). The van der Waals surface area contributed by atoms with E-state index in [0.717, 1.165) is 51.2 Å². The second-order valence-corrected chi connectivity index (χ2v) is 14.5. The first-order chi connectivity index (χ1) is 15.8. The molecule has 5 nitrogen and oxygen atoms in total. The molecule has 1 N–H and O–H groups in total. The van der Waals surface area contributed by atoms with Crippen molar-refractivity contribution >= 4 is 21.7 Å². The van der Waals surface area contributed by atoms with E-state index >= 15 is 0 Å². The minimum Gasteiger partial charge on any atom is -0.300 e. The minimum atomic E-state index is -3.49. The van der Waals surface area contributed by atoms with Crippen molar-refractivity contribution in [2.45, 2.75) is 98.3 Å². The van der Waals surface area contributed by atoms with Crippen LogP contribution in [-0.2, 0) is 19.6 Å². The molecule has 3 saturated carbocycles. The van der Waals surface area contributed by atoms with E-state index in [1.54, 1.807) is 5.57 Å². The SMILES string of the molecule is C[C@H](CCC[C@H](C)C(=O)NS(C)(=O)=O)[C@H]1CC[C@H]2C3=CC[C@H]4CC(=O)CC[C@]4(C)C3CC[C@]12C. The van der Waals surface area contributed by atoms with E-state index in [1.807, 2.05) is 6.92 Å². The van der Waals surface area contributed by atoms with Gasteiger partial charge in [0.25, 0.3) is 0 Å². The molecule has 0 aliphatic heterocycles. The Kier molecular flexibility index (Phi) is 7.14. The molecule has 0 saturated heterocycles. The maximum Gasteiger partial charge on any atom is 0.236 e. The Labute approximate surface area is 207 Å². The Morgan fingerprint density at radius 1 is 1.09 bits per heavy atom. The quantitative estimate of drug-likeness (QED) is 0.467. The highest BCUT2D eigenvalue weighted by atomic mass is 32.2. The molecule has 0 aromatic rings. The van der Waals surface area contributed by atoms with Crippen LogP contribution in [0.5, 0.6) is 0 Å². The number of nitrogens with one attached hydrogen (secondary N) is 1. The molecule has 0 aromatic carbocycles. The number of rotatable bonds is 7. The fourth-order valence-electron chi connectivity index (χ4n) is 8.64. The van der Waals surface area contributed by atoms with E-state index < -0.39 is 10.0 Å². The van der Waals surface area contributed by atoms with Gasteiger partial charge >= 0.3 is 0 Å². The summed E-state index contributed by atoms with van der Waals surface area (Å²) in [5.41, 5.74) is 2.41. The van der Waals surface area contributed by atoms with Crippen molar-refractivity contribution in [1.82, 2.24) is 4.72 Å². The van der Waals surface area contributed by atoms with Gasteiger partial charge in [-0.1, -0.05) is 52.2 Å². The van der Waals surface area contributed by atoms with Gasteiger partial charge in [-0.05, 0) is 85.4 Å². The van der Waals surface area contributed by atoms with Gasteiger partial charge < -0.3 is 0 Å². The smallest absolute Gasteiger partial charge is 0.236 e. The van der Waals surface area contributed by atoms with Gasteiger partial charge in [0, 0.05) is 18.8 Å². The second-order valence-electron chi connectivity index (χ2n) is 12.8. The van der Waals surface area contributed by atoms with E-state index in [0.29, 0.717) is 46.2 Å². The average Bonchev–Trinajstić information content (AvgIpc) is 3.10. The number of hydrogen-bond donors (Lipinski definition) is 1. The highest BCUT2D eigenvalue weighted by Crippen LogP contribution is 2.66. The monoisotopic (exact) mass is 491 g/mol. The maximum atomic E-state index is 12.1. The Balaban J connectivity index is 1.38. The summed E-state index contributed by atoms with van der Waals surface area (Å²) in [4.78, 5) is 24.2. The van der Waals surface area contributed by atoms with E-state index in [1.165, 1.54) is 25.7 Å². The van der Waals surface area contributed by atoms with Crippen molar-refractivity contribution in [3.63, 3.8) is 0 Å². The fraction of sp³-hybridized carbons (Fsp3) is 0.857. The standard InChI is InChI=1S/C28H45NO4S/c1-18(7-6-8-19(2)26(31)29-34(5,32)33)23-11-12-24-22-10-9-20-17-21(30)13-15-27(20,3)25(22)14-16-28(23,24)4/h10,18-20,23-25H,6-9,11-17H2,1-5H3,(H,29,31)/t18-,19+,20+,23-,24+,25?,27+,28-/m1/s1. The van der Waals surface area contributed by atoms with Crippen molar-refractivity contribution in [3.05, 3.63) is 11.6 Å². The van der Waals surface area contributed by atoms with Crippen molar-refractivity contribution < 1.29 is 18.0 Å². The summed E-state index contributed by atoms with van der Waals surface area (Å²) in [5.74, 6) is 3.01. The molecule has 0 bridgehead atoms. The van der Waals surface area contributed by atoms with Crippen molar-refractivity contribution in [2.75, 3.05) is 6.26 Å². The summed E-state index contributed by atoms with van der Waals surface area (Å²) in [7, 11) is -3.49. The molecule has 6 heteroatoms. The highest BCUT2D eigenvalue weighted by Gasteiger charge is 2.58. The van der Waals surface area contributed by atoms with Crippen molar-refractivity contribution in [1.29, 1.82) is 0 Å². The first-order valence-electron chi connectivity index (χ1n) is 13.6. The van der Waals surface area contributed by atoms with Gasteiger partial charge in [-0.2, -0.15) is 0 Å². The maximum absolute atomic E-state index is 12.1. The van der Waals surface area contributed by atoms with Crippen molar-refractivity contribution in [3.8, 4) is 0 Å². The lowest BCUT2D eigenvalue weighted by atomic mass is 9.47. The van der Waals surface area contributed by atoms with Gasteiger partial charge in [0.15, 0.2) is 0 Å². The van der Waals surface area contributed by atoms with Crippen molar-refractivity contribution in [2.24, 2.45) is 46.3 Å². The summed E-state index contributed by atoms with van der Waals surface area (Å²) in [5, 5.41) is 0. The normalized spacial score (nSPS) is 39.3. The third-order valence-electron chi connectivity index (χ3n) is 10.7. The average molecular weight is 492 g/mol. The number of carbonyl (C=O) groups is 2. The predicted octanol–water partition coefficient (Wildman–Crippen LogP) is 5.65. The van der Waals surface area contributed by atoms with E-state index in [2.05, 4.69) is 31.6 Å². The number of hydrogen-bond acceptors (Lipinski definition) is 4. The van der Waals surface area contributed by atoms with Crippen LogP contribution in [0.1, 0.15) is 98.3 Å². The number of ketones is 1. The number of fused-ring (bicyclic) bond motifs is 5. The van der Waals surface area contributed by atoms with Crippen LogP contribution < -0.4 is 4.72 Å². The molecule has 1 amide bonds. The topological polar surface area (TPSA) is 80.3 Å². The summed E-state index contributed by atoms with van der Waals surface area (Å²) in [6.45, 7) is 9.25. The molecule has 34 heavy (non-hydrogen) atoms. The van der Waals surface area contributed by atoms with Gasteiger partial charge in [0.1, 0.15) is 5.78 Å². The minimum absolute atomic E-state index is 0.285. The molecule has 1 unspecified atom stereocenters. The second kappa shape index (κ2) is 9.37. The molecule has 0 heterocycles. The number of amides is 1. The molecule has 192 valence electrons. The van der Waals surface area contributed by atoms with Crippen LogP contribution >= 0.6 is 0 Å². The predicted molar refractivity (Wildman–Crippen MR) is 135 cm³/mol. The number of carbonyl (C=O) groups excluding carboxylic acids is 2. The lowest BCUT2D eigenvalue weighted by molar-refractivity contribution is -0.127. The lowest BCUT2D eigenvalue weighted by Crippen LogP contribution is -2.49. The zero-order chi connectivity index (χ0) is 24.9. The molecule has 4 aliphatic rings. The van der Waals surface area contributed by atoms with Gasteiger partial charge in [0.2, 0.25) is 15.9 Å². The third kappa shape index (κ3) is 4.77. The molecule has 0 spiro atoms. The zero-order valence-electron chi connectivity index (χ0n) is 21.9. The first kappa shape index (κ1) is 25.9. The van der Waals surface area contributed by atoms with Crippen LogP contribution in [0, 0.1) is 46.3 Å². The van der Waals surface area contributed by atoms with E-state index in [-0.39, 0.29) is 11.8 Å². The molecule has 0 aromatic heterocycles. The lowest BCUT2D eigenvalue weighted by Gasteiger charge is -2.57. The first-order valence-corrected chi connectivity index (χ1v) is 15.5. The van der Waals surface area contributed by atoms with Gasteiger partial charge in [0.05, 0.1) is 6.26 Å². The number of allylic oxidation sites excluding steroid dienone is 2.